The van der Waals surface area contributed by atoms with Gasteiger partial charge >= 0.3 is 0 Å². The molecule has 0 aliphatic heterocycles. The fraction of sp³-hybridized carbons (Fsp3) is 0.556. The Bertz CT molecular complexity index is 395. The van der Waals surface area contributed by atoms with E-state index in [1.54, 1.807) is 6.20 Å². The van der Waals surface area contributed by atoms with E-state index in [1.165, 1.54) is 12.3 Å². The molecule has 0 amide bonds. The Morgan fingerprint density at radius 2 is 2.20 bits per heavy atom. The first-order chi connectivity index (χ1) is 6.87. The summed E-state index contributed by atoms with van der Waals surface area (Å²) in [6.07, 6.45) is 3.01. The highest BCUT2D eigenvalue weighted by atomic mass is 32.2. The SMILES string of the molecule is CC(C)(CN)CNS(=O)(=O)c1cc[nH]c1. The van der Waals surface area contributed by atoms with Crippen LogP contribution in [-0.2, 0) is 10.0 Å². The molecule has 0 bridgehead atoms. The van der Waals surface area contributed by atoms with E-state index in [4.69, 9.17) is 5.73 Å². The minimum absolute atomic E-state index is 0.233. The zero-order chi connectivity index (χ0) is 11.5. The number of nitrogens with one attached hydrogen (secondary N) is 2. The number of aromatic nitrogens is 1. The molecule has 15 heavy (non-hydrogen) atoms. The number of hydrogen-bond acceptors (Lipinski definition) is 3. The van der Waals surface area contributed by atoms with Crippen molar-refractivity contribution in [2.75, 3.05) is 13.1 Å². The van der Waals surface area contributed by atoms with Crippen LogP contribution in [0.5, 0.6) is 0 Å². The van der Waals surface area contributed by atoms with Crippen LogP contribution in [0, 0.1) is 5.41 Å². The quantitative estimate of drug-likeness (QED) is 0.680. The van der Waals surface area contributed by atoms with Crippen molar-refractivity contribution >= 4 is 10.0 Å². The smallest absolute Gasteiger partial charge is 0.242 e. The summed E-state index contributed by atoms with van der Waals surface area (Å²) < 4.78 is 25.9. The molecule has 1 aromatic heterocycles. The molecule has 0 saturated carbocycles. The minimum atomic E-state index is -3.40. The van der Waals surface area contributed by atoms with Crippen molar-refractivity contribution in [3.63, 3.8) is 0 Å². The van der Waals surface area contributed by atoms with Crippen molar-refractivity contribution in [3.05, 3.63) is 18.5 Å². The highest BCUT2D eigenvalue weighted by Gasteiger charge is 2.20. The Morgan fingerprint density at radius 1 is 1.53 bits per heavy atom. The van der Waals surface area contributed by atoms with E-state index in [1.807, 2.05) is 13.8 Å². The lowest BCUT2D eigenvalue weighted by atomic mass is 9.95. The van der Waals surface area contributed by atoms with E-state index in [0.717, 1.165) is 0 Å². The summed E-state index contributed by atoms with van der Waals surface area (Å²) in [7, 11) is -3.40. The Balaban J connectivity index is 2.67. The topological polar surface area (TPSA) is 88.0 Å². The second-order valence-electron chi connectivity index (χ2n) is 4.24. The molecular weight excluding hydrogens is 214 g/mol. The van der Waals surface area contributed by atoms with Crippen molar-refractivity contribution in [3.8, 4) is 0 Å². The van der Waals surface area contributed by atoms with Crippen LogP contribution in [0.1, 0.15) is 13.8 Å². The van der Waals surface area contributed by atoms with Gasteiger partial charge in [-0.3, -0.25) is 0 Å². The first-order valence-electron chi connectivity index (χ1n) is 4.70. The van der Waals surface area contributed by atoms with E-state index in [-0.39, 0.29) is 10.3 Å². The van der Waals surface area contributed by atoms with Gasteiger partial charge in [-0.15, -0.1) is 0 Å². The van der Waals surface area contributed by atoms with Crippen LogP contribution < -0.4 is 10.5 Å². The van der Waals surface area contributed by atoms with E-state index in [0.29, 0.717) is 13.1 Å². The fourth-order valence-corrected chi connectivity index (χ4v) is 2.14. The second kappa shape index (κ2) is 4.34. The largest absolute Gasteiger partial charge is 0.366 e. The molecule has 1 aromatic rings. The van der Waals surface area contributed by atoms with Crippen LogP contribution in [-0.4, -0.2) is 26.5 Å². The number of rotatable bonds is 5. The van der Waals surface area contributed by atoms with Crippen LogP contribution in [0.25, 0.3) is 0 Å². The van der Waals surface area contributed by atoms with Gasteiger partial charge in [0, 0.05) is 18.9 Å². The maximum Gasteiger partial charge on any atom is 0.242 e. The zero-order valence-electron chi connectivity index (χ0n) is 8.95. The average molecular weight is 231 g/mol. The van der Waals surface area contributed by atoms with E-state index in [2.05, 4.69) is 9.71 Å². The number of hydrogen-bond donors (Lipinski definition) is 3. The van der Waals surface area contributed by atoms with E-state index in [9.17, 15) is 8.42 Å². The maximum absolute atomic E-state index is 11.7. The van der Waals surface area contributed by atoms with Crippen LogP contribution in [0.4, 0.5) is 0 Å². The van der Waals surface area contributed by atoms with Crippen molar-refractivity contribution in [1.29, 1.82) is 0 Å². The highest BCUT2D eigenvalue weighted by molar-refractivity contribution is 7.89. The van der Waals surface area contributed by atoms with Crippen molar-refractivity contribution in [1.82, 2.24) is 9.71 Å². The molecule has 0 atom stereocenters. The standard InChI is InChI=1S/C9H17N3O2S/c1-9(2,6-10)7-12-15(13,14)8-3-4-11-5-8/h3-5,11-12H,6-7,10H2,1-2H3. The molecule has 86 valence electrons. The molecule has 0 radical (unpaired) electrons. The summed E-state index contributed by atoms with van der Waals surface area (Å²) in [6, 6.07) is 1.51. The molecule has 0 fully saturated rings. The van der Waals surface area contributed by atoms with Crippen molar-refractivity contribution in [2.24, 2.45) is 11.1 Å². The van der Waals surface area contributed by atoms with Gasteiger partial charge in [0.15, 0.2) is 0 Å². The molecule has 1 heterocycles. The van der Waals surface area contributed by atoms with Gasteiger partial charge in [0.25, 0.3) is 0 Å². The first-order valence-corrected chi connectivity index (χ1v) is 6.18. The van der Waals surface area contributed by atoms with Crippen LogP contribution in [0.15, 0.2) is 23.4 Å². The van der Waals surface area contributed by atoms with Crippen LogP contribution in [0.3, 0.4) is 0 Å². The molecule has 5 nitrogen and oxygen atoms in total. The molecule has 4 N–H and O–H groups in total. The van der Waals surface area contributed by atoms with Gasteiger partial charge in [-0.2, -0.15) is 0 Å². The van der Waals surface area contributed by atoms with Gasteiger partial charge in [-0.05, 0) is 18.0 Å². The van der Waals surface area contributed by atoms with Gasteiger partial charge < -0.3 is 10.7 Å². The van der Waals surface area contributed by atoms with Gasteiger partial charge in [-0.25, -0.2) is 13.1 Å². The maximum atomic E-state index is 11.7. The molecule has 0 spiro atoms. The average Bonchev–Trinajstić information content (AvgIpc) is 2.69. The first kappa shape index (κ1) is 12.2. The summed E-state index contributed by atoms with van der Waals surface area (Å²) in [5, 5.41) is 0. The molecule has 0 aliphatic rings. The summed E-state index contributed by atoms with van der Waals surface area (Å²) in [6.45, 7) is 4.58. The van der Waals surface area contributed by atoms with Gasteiger partial charge in [0.1, 0.15) is 0 Å². The zero-order valence-corrected chi connectivity index (χ0v) is 9.76. The van der Waals surface area contributed by atoms with Crippen molar-refractivity contribution < 1.29 is 8.42 Å². The third-order valence-electron chi connectivity index (χ3n) is 2.17. The Hall–Kier alpha value is -0.850. The van der Waals surface area contributed by atoms with Gasteiger partial charge in [-0.1, -0.05) is 13.8 Å². The highest BCUT2D eigenvalue weighted by Crippen LogP contribution is 2.13. The summed E-state index contributed by atoms with van der Waals surface area (Å²) >= 11 is 0. The number of nitrogens with two attached hydrogens (primary N) is 1. The van der Waals surface area contributed by atoms with Crippen molar-refractivity contribution in [2.45, 2.75) is 18.7 Å². The van der Waals surface area contributed by atoms with Gasteiger partial charge in [0.05, 0.1) is 4.90 Å². The Kier molecular flexibility index (Phi) is 3.54. The second-order valence-corrected chi connectivity index (χ2v) is 6.01. The predicted octanol–water partition coefficient (Wildman–Crippen LogP) is 0.278. The summed E-state index contributed by atoms with van der Waals surface area (Å²) in [5.41, 5.74) is 5.28. The monoisotopic (exact) mass is 231 g/mol. The number of aromatic amines is 1. The molecule has 6 heteroatoms. The Morgan fingerprint density at radius 3 is 2.67 bits per heavy atom. The normalized spacial score (nSPS) is 13.0. The molecular formula is C9H17N3O2S. The molecule has 0 aliphatic carbocycles. The fourth-order valence-electron chi connectivity index (χ4n) is 0.922. The number of H-pyrrole nitrogens is 1. The van der Waals surface area contributed by atoms with Crippen LogP contribution >= 0.6 is 0 Å². The Labute approximate surface area is 90.1 Å². The van der Waals surface area contributed by atoms with Crippen LogP contribution in [0.2, 0.25) is 0 Å². The lowest BCUT2D eigenvalue weighted by Crippen LogP contribution is -2.38. The minimum Gasteiger partial charge on any atom is -0.366 e. The lowest BCUT2D eigenvalue weighted by Gasteiger charge is -2.22. The third-order valence-corrected chi connectivity index (χ3v) is 3.57. The van der Waals surface area contributed by atoms with E-state index >= 15 is 0 Å². The van der Waals surface area contributed by atoms with Gasteiger partial charge in [0.2, 0.25) is 10.0 Å². The molecule has 0 unspecified atom stereocenters. The summed E-state index contributed by atoms with van der Waals surface area (Å²) in [5.74, 6) is 0. The third kappa shape index (κ3) is 3.33. The molecule has 0 saturated heterocycles. The molecule has 0 aromatic carbocycles. The lowest BCUT2D eigenvalue weighted by molar-refractivity contribution is 0.376. The number of sulfonamides is 1. The molecule has 1 rings (SSSR count). The van der Waals surface area contributed by atoms with E-state index < -0.39 is 10.0 Å². The summed E-state index contributed by atoms with van der Waals surface area (Å²) in [4.78, 5) is 2.95. The predicted molar refractivity (Wildman–Crippen MR) is 58.8 cm³/mol.